The first kappa shape index (κ1) is 12.2. The van der Waals surface area contributed by atoms with Crippen LogP contribution in [0.5, 0.6) is 0 Å². The van der Waals surface area contributed by atoms with E-state index < -0.39 is 16.8 Å². The molecule has 1 aliphatic heterocycles. The molecule has 7 heteroatoms. The number of rotatable bonds is 2. The molecule has 0 aromatic heterocycles. The van der Waals surface area contributed by atoms with Gasteiger partial charge in [0.25, 0.3) is 0 Å². The van der Waals surface area contributed by atoms with Gasteiger partial charge in [0.1, 0.15) is 4.90 Å². The predicted octanol–water partition coefficient (Wildman–Crippen LogP) is 2.20. The molecule has 1 heterocycles. The van der Waals surface area contributed by atoms with Gasteiger partial charge in [0.2, 0.25) is 10.0 Å². The second-order valence-corrected chi connectivity index (χ2v) is 6.87. The van der Waals surface area contributed by atoms with Gasteiger partial charge in [-0.05, 0) is 31.0 Å². The number of sulfonamides is 1. The smallest absolute Gasteiger partial charge is 0.248 e. The van der Waals surface area contributed by atoms with E-state index >= 15 is 0 Å². The molecule has 4 nitrogen and oxygen atoms in total. The van der Waals surface area contributed by atoms with Crippen LogP contribution in [0.4, 0.5) is 10.1 Å². The van der Waals surface area contributed by atoms with E-state index in [1.54, 1.807) is 12.1 Å². The van der Waals surface area contributed by atoms with Crippen molar-refractivity contribution in [1.29, 1.82) is 0 Å². The van der Waals surface area contributed by atoms with Crippen molar-refractivity contribution in [1.82, 2.24) is 4.31 Å². The lowest BCUT2D eigenvalue weighted by molar-refractivity contribution is 0.281. The summed E-state index contributed by atoms with van der Waals surface area (Å²) in [6.45, 7) is -0.935. The maximum atomic E-state index is 12.9. The Morgan fingerprint density at radius 3 is 2.72 bits per heavy atom. The number of halogens is 2. The number of nitrogens with zero attached hydrogens (tertiary/aromatic N) is 2. The molecule has 1 aromatic carbocycles. The van der Waals surface area contributed by atoms with E-state index in [-0.39, 0.29) is 11.6 Å². The number of fused-ring (bicyclic) bond motifs is 1. The summed E-state index contributed by atoms with van der Waals surface area (Å²) in [5.74, 6) is 0. The zero-order chi connectivity index (χ0) is 12.9. The molecule has 1 aliphatic carbocycles. The van der Waals surface area contributed by atoms with Crippen molar-refractivity contribution >= 4 is 27.3 Å². The predicted molar refractivity (Wildman–Crippen MR) is 66.8 cm³/mol. The van der Waals surface area contributed by atoms with Gasteiger partial charge in [0.15, 0.2) is 6.80 Å². The first-order valence-corrected chi connectivity index (χ1v) is 7.48. The van der Waals surface area contributed by atoms with Crippen molar-refractivity contribution in [3.05, 3.63) is 23.2 Å². The fraction of sp³-hybridized carbons (Fsp3) is 0.455. The Hall–Kier alpha value is -0.850. The van der Waals surface area contributed by atoms with Gasteiger partial charge in [0.05, 0.1) is 12.4 Å². The van der Waals surface area contributed by atoms with Gasteiger partial charge in [-0.15, -0.1) is 4.31 Å². The monoisotopic (exact) mass is 290 g/mol. The van der Waals surface area contributed by atoms with Crippen LogP contribution in [-0.4, -0.2) is 32.2 Å². The molecule has 0 spiro atoms. The Kier molecular flexibility index (Phi) is 2.76. The number of hydrogen-bond acceptors (Lipinski definition) is 3. The summed E-state index contributed by atoms with van der Waals surface area (Å²) in [4.78, 5) is 2.04. The number of anilines is 1. The minimum absolute atomic E-state index is 0.0815. The molecule has 0 radical (unpaired) electrons. The van der Waals surface area contributed by atoms with Gasteiger partial charge >= 0.3 is 0 Å². The minimum Gasteiger partial charge on any atom is -0.353 e. The Bertz CT molecular complexity index is 589. The lowest BCUT2D eigenvalue weighted by Crippen LogP contribution is -2.47. The molecule has 3 rings (SSSR count). The first-order chi connectivity index (χ1) is 8.54. The van der Waals surface area contributed by atoms with Gasteiger partial charge in [0, 0.05) is 11.1 Å². The summed E-state index contributed by atoms with van der Waals surface area (Å²) in [6, 6.07) is 5.07. The summed E-state index contributed by atoms with van der Waals surface area (Å²) >= 11 is 5.84. The molecule has 1 aromatic rings. The normalized spacial score (nSPS) is 22.9. The van der Waals surface area contributed by atoms with Crippen LogP contribution < -0.4 is 4.90 Å². The molecule has 0 bridgehead atoms. The lowest BCUT2D eigenvalue weighted by atomic mass is 10.3. The highest BCUT2D eigenvalue weighted by Crippen LogP contribution is 2.40. The summed E-state index contributed by atoms with van der Waals surface area (Å²) < 4.78 is 38.1. The van der Waals surface area contributed by atoms with Crippen molar-refractivity contribution in [2.24, 2.45) is 0 Å². The van der Waals surface area contributed by atoms with Gasteiger partial charge in [-0.1, -0.05) is 11.6 Å². The quantitative estimate of drug-likeness (QED) is 0.784. The molecule has 2 aliphatic rings. The third-order valence-corrected chi connectivity index (χ3v) is 5.29. The minimum atomic E-state index is -3.76. The van der Waals surface area contributed by atoms with E-state index in [0.29, 0.717) is 16.8 Å². The molecule has 0 atom stereocenters. The Morgan fingerprint density at radius 1 is 1.39 bits per heavy atom. The number of benzene rings is 1. The number of alkyl halides is 1. The van der Waals surface area contributed by atoms with E-state index in [2.05, 4.69) is 0 Å². The zero-order valence-corrected chi connectivity index (χ0v) is 11.1. The highest BCUT2D eigenvalue weighted by atomic mass is 35.5. The molecule has 1 saturated carbocycles. The van der Waals surface area contributed by atoms with E-state index in [1.807, 2.05) is 4.90 Å². The van der Waals surface area contributed by atoms with E-state index in [0.717, 1.165) is 17.1 Å². The van der Waals surface area contributed by atoms with Crippen LogP contribution in [-0.2, 0) is 10.0 Å². The van der Waals surface area contributed by atoms with Crippen molar-refractivity contribution in [3.63, 3.8) is 0 Å². The van der Waals surface area contributed by atoms with Crippen LogP contribution in [0.2, 0.25) is 5.02 Å². The van der Waals surface area contributed by atoms with Gasteiger partial charge in [-0.3, -0.25) is 0 Å². The Labute approximate surface area is 110 Å². The Balaban J connectivity index is 2.17. The fourth-order valence-corrected chi connectivity index (χ4v) is 3.84. The summed E-state index contributed by atoms with van der Waals surface area (Å²) in [6.07, 6.45) is 2.03. The van der Waals surface area contributed by atoms with Crippen molar-refractivity contribution < 1.29 is 12.8 Å². The summed E-state index contributed by atoms with van der Waals surface area (Å²) in [5, 5.41) is 0.341. The zero-order valence-electron chi connectivity index (χ0n) is 9.51. The summed E-state index contributed by atoms with van der Waals surface area (Å²) in [5.41, 5.74) is 0.631. The topological polar surface area (TPSA) is 40.6 Å². The molecule has 0 N–H and O–H groups in total. The standard InChI is InChI=1S/C11H12ClFN2O2S/c12-8-1-4-10-11(5-8)18(16,17)14(6-13)7-15(10)9-2-3-9/h1,4-5,9H,2-3,6-7H2. The van der Waals surface area contributed by atoms with Crippen molar-refractivity contribution in [2.45, 2.75) is 23.8 Å². The Morgan fingerprint density at radius 2 is 2.11 bits per heavy atom. The van der Waals surface area contributed by atoms with E-state index in [1.165, 1.54) is 6.07 Å². The molecule has 18 heavy (non-hydrogen) atoms. The van der Waals surface area contributed by atoms with Crippen LogP contribution in [0.1, 0.15) is 12.8 Å². The highest BCUT2D eigenvalue weighted by molar-refractivity contribution is 7.89. The third kappa shape index (κ3) is 1.79. The maximum absolute atomic E-state index is 12.9. The summed E-state index contributed by atoms with van der Waals surface area (Å²) in [7, 11) is -3.76. The van der Waals surface area contributed by atoms with Gasteiger partial charge in [-0.25, -0.2) is 12.8 Å². The molecule has 0 saturated heterocycles. The van der Waals surface area contributed by atoms with Crippen LogP contribution >= 0.6 is 11.6 Å². The average Bonchev–Trinajstić information content (AvgIpc) is 3.14. The second-order valence-electron chi connectivity index (χ2n) is 4.53. The molecular weight excluding hydrogens is 279 g/mol. The molecule has 1 fully saturated rings. The lowest BCUT2D eigenvalue weighted by Gasteiger charge is -2.36. The molecular formula is C11H12ClFN2O2S. The van der Waals surface area contributed by atoms with Crippen LogP contribution in [0, 0.1) is 0 Å². The number of hydrogen-bond donors (Lipinski definition) is 0. The van der Waals surface area contributed by atoms with E-state index in [9.17, 15) is 12.8 Å². The maximum Gasteiger partial charge on any atom is 0.248 e. The van der Waals surface area contributed by atoms with Crippen LogP contribution in [0.25, 0.3) is 0 Å². The molecule has 98 valence electrons. The fourth-order valence-electron chi connectivity index (χ4n) is 2.19. The SMILES string of the molecule is O=S1(=O)c2cc(Cl)ccc2N(C2CC2)CN1CF. The van der Waals surface area contributed by atoms with Crippen molar-refractivity contribution in [3.8, 4) is 0 Å². The van der Waals surface area contributed by atoms with Crippen LogP contribution in [0.3, 0.4) is 0 Å². The van der Waals surface area contributed by atoms with E-state index in [4.69, 9.17) is 11.6 Å². The van der Waals surface area contributed by atoms with Crippen molar-refractivity contribution in [2.75, 3.05) is 18.4 Å². The second kappa shape index (κ2) is 4.08. The average molecular weight is 291 g/mol. The van der Waals surface area contributed by atoms with Crippen LogP contribution in [0.15, 0.2) is 23.1 Å². The van der Waals surface area contributed by atoms with Gasteiger partial charge in [-0.2, -0.15) is 0 Å². The third-order valence-electron chi connectivity index (χ3n) is 3.28. The first-order valence-electron chi connectivity index (χ1n) is 5.66. The van der Waals surface area contributed by atoms with Gasteiger partial charge < -0.3 is 4.90 Å². The molecule has 0 unspecified atom stereocenters. The largest absolute Gasteiger partial charge is 0.353 e. The highest BCUT2D eigenvalue weighted by Gasteiger charge is 2.41. The molecule has 0 amide bonds.